The zero-order chi connectivity index (χ0) is 24.1. The minimum atomic E-state index is -1.07. The number of hydrogen-bond donors (Lipinski definition) is 3. The quantitative estimate of drug-likeness (QED) is 0.436. The number of halogens is 2. The number of carbonyl (C=O) groups excluding carboxylic acids is 2. The zero-order valence-electron chi connectivity index (χ0n) is 17.8. The third-order valence-electron chi connectivity index (χ3n) is 4.77. The summed E-state index contributed by atoms with van der Waals surface area (Å²) in [4.78, 5) is 40.5. The predicted octanol–water partition coefficient (Wildman–Crippen LogP) is 4.11. The number of amides is 2. The van der Waals surface area contributed by atoms with Crippen molar-refractivity contribution in [1.29, 1.82) is 0 Å². The van der Waals surface area contributed by atoms with Crippen LogP contribution in [0.1, 0.15) is 51.5 Å². The Labute approximate surface area is 199 Å². The van der Waals surface area contributed by atoms with Gasteiger partial charge in [0.05, 0.1) is 33.8 Å². The molecule has 0 saturated carbocycles. The Balaban J connectivity index is 1.78. The van der Waals surface area contributed by atoms with E-state index in [9.17, 15) is 19.5 Å². The van der Waals surface area contributed by atoms with E-state index < -0.39 is 23.8 Å². The number of aliphatic carboxylic acids is 1. The van der Waals surface area contributed by atoms with Crippen molar-refractivity contribution in [2.45, 2.75) is 32.9 Å². The van der Waals surface area contributed by atoms with Gasteiger partial charge in [0, 0.05) is 24.6 Å². The molecule has 3 aromatic rings. The van der Waals surface area contributed by atoms with Gasteiger partial charge in [-0.25, -0.2) is 0 Å². The Kier molecular flexibility index (Phi) is 7.67. The predicted molar refractivity (Wildman–Crippen MR) is 124 cm³/mol. The first kappa shape index (κ1) is 24.2. The number of nitrogens with zero attached hydrogens (tertiary/aromatic N) is 3. The van der Waals surface area contributed by atoms with E-state index in [1.807, 2.05) is 6.92 Å². The van der Waals surface area contributed by atoms with Crippen LogP contribution in [-0.4, -0.2) is 37.7 Å². The first-order chi connectivity index (χ1) is 15.7. The van der Waals surface area contributed by atoms with E-state index in [1.165, 1.54) is 12.4 Å². The molecule has 0 fully saturated rings. The van der Waals surface area contributed by atoms with E-state index >= 15 is 0 Å². The highest BCUT2D eigenvalue weighted by Crippen LogP contribution is 2.25. The van der Waals surface area contributed by atoms with Gasteiger partial charge in [-0.15, -0.1) is 0 Å². The third kappa shape index (κ3) is 5.88. The lowest BCUT2D eigenvalue weighted by atomic mass is 10.0. The topological polar surface area (TPSA) is 126 Å². The van der Waals surface area contributed by atoms with Crippen molar-refractivity contribution >= 4 is 46.7 Å². The fourth-order valence-electron chi connectivity index (χ4n) is 3.25. The monoisotopic (exact) mass is 489 g/mol. The molecule has 1 aromatic carbocycles. The number of aryl methyl sites for hydroxylation is 2. The van der Waals surface area contributed by atoms with E-state index in [1.54, 1.807) is 41.9 Å². The molecule has 0 radical (unpaired) electrons. The number of carbonyl (C=O) groups is 3. The maximum absolute atomic E-state index is 12.8. The molecule has 1 atom stereocenters. The zero-order valence-corrected chi connectivity index (χ0v) is 19.3. The second kappa shape index (κ2) is 10.5. The maximum atomic E-state index is 12.8. The molecule has 3 N–H and O–H groups in total. The Hall–Kier alpha value is -3.43. The SMILES string of the molecule is CCn1nc(C)cc1C(=O)NC(CC(=O)O)c1ccc(NC(=O)c2c(Cl)cncc2Cl)cc1. The lowest BCUT2D eigenvalue weighted by Gasteiger charge is -2.18. The molecule has 2 amide bonds. The molecule has 2 heterocycles. The highest BCUT2D eigenvalue weighted by molar-refractivity contribution is 6.40. The van der Waals surface area contributed by atoms with E-state index in [0.717, 1.165) is 0 Å². The molecule has 172 valence electrons. The molecule has 0 aliphatic heterocycles. The van der Waals surface area contributed by atoms with Crippen LogP contribution in [0.3, 0.4) is 0 Å². The van der Waals surface area contributed by atoms with Gasteiger partial charge in [-0.3, -0.25) is 24.0 Å². The second-order valence-corrected chi connectivity index (χ2v) is 7.98. The Morgan fingerprint density at radius 3 is 2.30 bits per heavy atom. The van der Waals surface area contributed by atoms with Crippen molar-refractivity contribution in [3.63, 3.8) is 0 Å². The number of rotatable bonds is 8. The van der Waals surface area contributed by atoms with Gasteiger partial charge in [-0.2, -0.15) is 5.10 Å². The highest BCUT2D eigenvalue weighted by atomic mass is 35.5. The number of benzene rings is 1. The number of nitrogens with one attached hydrogen (secondary N) is 2. The van der Waals surface area contributed by atoms with Gasteiger partial charge in [0.25, 0.3) is 11.8 Å². The number of carboxylic acids is 1. The molecule has 0 bridgehead atoms. The third-order valence-corrected chi connectivity index (χ3v) is 5.34. The van der Waals surface area contributed by atoms with Gasteiger partial charge in [0.15, 0.2) is 0 Å². The summed E-state index contributed by atoms with van der Waals surface area (Å²) in [5.74, 6) is -2.01. The molecule has 0 aliphatic rings. The van der Waals surface area contributed by atoms with Crippen molar-refractivity contribution in [3.05, 3.63) is 75.3 Å². The largest absolute Gasteiger partial charge is 0.481 e. The van der Waals surface area contributed by atoms with Crippen LogP contribution in [0.2, 0.25) is 10.0 Å². The molecular weight excluding hydrogens is 469 g/mol. The van der Waals surface area contributed by atoms with Crippen LogP contribution >= 0.6 is 23.2 Å². The molecule has 33 heavy (non-hydrogen) atoms. The minimum Gasteiger partial charge on any atom is -0.481 e. The van der Waals surface area contributed by atoms with Crippen LogP contribution in [-0.2, 0) is 11.3 Å². The van der Waals surface area contributed by atoms with Crippen LogP contribution < -0.4 is 10.6 Å². The summed E-state index contributed by atoms with van der Waals surface area (Å²) in [6, 6.07) is 7.30. The van der Waals surface area contributed by atoms with Crippen molar-refractivity contribution in [3.8, 4) is 0 Å². The van der Waals surface area contributed by atoms with Crippen LogP contribution in [0, 0.1) is 6.92 Å². The van der Waals surface area contributed by atoms with Gasteiger partial charge in [0.1, 0.15) is 5.69 Å². The maximum Gasteiger partial charge on any atom is 0.305 e. The normalized spacial score (nSPS) is 11.6. The van der Waals surface area contributed by atoms with E-state index in [2.05, 4.69) is 20.7 Å². The van der Waals surface area contributed by atoms with Crippen molar-refractivity contribution in [2.24, 2.45) is 0 Å². The van der Waals surface area contributed by atoms with Crippen molar-refractivity contribution in [1.82, 2.24) is 20.1 Å². The molecule has 2 aromatic heterocycles. The number of carboxylic acid groups (broad SMARTS) is 1. The molecular formula is C22H21Cl2N5O4. The molecule has 3 rings (SSSR count). The lowest BCUT2D eigenvalue weighted by molar-refractivity contribution is -0.137. The smallest absolute Gasteiger partial charge is 0.305 e. The van der Waals surface area contributed by atoms with Gasteiger partial charge in [0.2, 0.25) is 0 Å². The standard InChI is InChI=1S/C22H21Cl2N5O4/c1-3-29-18(8-12(2)28-29)21(32)27-17(9-19(30)31)13-4-6-14(7-5-13)26-22(33)20-15(23)10-25-11-16(20)24/h4-8,10-11,17H,3,9H2,1-2H3,(H,26,33)(H,27,32)(H,30,31). The average molecular weight is 490 g/mol. The van der Waals surface area contributed by atoms with Crippen molar-refractivity contribution in [2.75, 3.05) is 5.32 Å². The molecule has 9 nitrogen and oxygen atoms in total. The minimum absolute atomic E-state index is 0.0938. The van der Waals surface area contributed by atoms with Gasteiger partial charge in [-0.05, 0) is 37.6 Å². The molecule has 0 spiro atoms. The van der Waals surface area contributed by atoms with E-state index in [4.69, 9.17) is 23.2 Å². The molecule has 0 saturated heterocycles. The van der Waals surface area contributed by atoms with E-state index in [-0.39, 0.29) is 22.0 Å². The molecule has 11 heteroatoms. The summed E-state index contributed by atoms with van der Waals surface area (Å²) >= 11 is 12.0. The molecule has 1 unspecified atom stereocenters. The number of aromatic nitrogens is 3. The summed E-state index contributed by atoms with van der Waals surface area (Å²) in [7, 11) is 0. The highest BCUT2D eigenvalue weighted by Gasteiger charge is 2.22. The Morgan fingerprint density at radius 1 is 1.09 bits per heavy atom. The van der Waals surface area contributed by atoms with Crippen LogP contribution in [0.25, 0.3) is 0 Å². The van der Waals surface area contributed by atoms with Gasteiger partial charge >= 0.3 is 5.97 Å². The number of anilines is 1. The first-order valence-electron chi connectivity index (χ1n) is 9.97. The van der Waals surface area contributed by atoms with Crippen LogP contribution in [0.4, 0.5) is 5.69 Å². The summed E-state index contributed by atoms with van der Waals surface area (Å²) in [5.41, 5.74) is 2.12. The summed E-state index contributed by atoms with van der Waals surface area (Å²) < 4.78 is 1.55. The summed E-state index contributed by atoms with van der Waals surface area (Å²) in [6.07, 6.45) is 2.31. The summed E-state index contributed by atoms with van der Waals surface area (Å²) in [6.45, 7) is 4.13. The Morgan fingerprint density at radius 2 is 1.73 bits per heavy atom. The number of hydrogen-bond acceptors (Lipinski definition) is 5. The van der Waals surface area contributed by atoms with Gasteiger partial charge in [-0.1, -0.05) is 35.3 Å². The second-order valence-electron chi connectivity index (χ2n) is 7.16. The van der Waals surface area contributed by atoms with Crippen molar-refractivity contribution < 1.29 is 19.5 Å². The average Bonchev–Trinajstić information content (AvgIpc) is 3.14. The van der Waals surface area contributed by atoms with Crippen LogP contribution in [0.5, 0.6) is 0 Å². The summed E-state index contributed by atoms with van der Waals surface area (Å²) in [5, 5.41) is 19.2. The van der Waals surface area contributed by atoms with E-state index in [0.29, 0.717) is 29.2 Å². The lowest BCUT2D eigenvalue weighted by Crippen LogP contribution is -2.31. The van der Waals surface area contributed by atoms with Crippen LogP contribution in [0.15, 0.2) is 42.7 Å². The fraction of sp³-hybridized carbons (Fsp3) is 0.227. The molecule has 0 aliphatic carbocycles. The number of pyridine rings is 1. The Bertz CT molecular complexity index is 1170. The first-order valence-corrected chi connectivity index (χ1v) is 10.7. The fourth-order valence-corrected chi connectivity index (χ4v) is 3.79. The van der Waals surface area contributed by atoms with Gasteiger partial charge < -0.3 is 15.7 Å².